The number of nitrogens with zero attached hydrogens (tertiary/aromatic N) is 1. The Hall–Kier alpha value is -3.05. The van der Waals surface area contributed by atoms with Crippen LogP contribution in [0.4, 0.5) is 0 Å². The molecule has 5 atom stereocenters. The standard InChI is InChI=1S/C27H26N2O3/c1-27-6-4-18-11-20-22(30)8-15(13-28)9-24(20)32-26(18)21(27)12-23(31)25(27)17-2-3-19-14-29-7-5-16(19)10-17/h2-7,10-11,14-15,21,25-26H,8-9,12-13,28H2,1H3/t15?,21-,25-,26+,27-/m0/s1. The highest BCUT2D eigenvalue weighted by Crippen LogP contribution is 2.58. The Morgan fingerprint density at radius 2 is 2.03 bits per heavy atom. The molecule has 3 aliphatic carbocycles. The lowest BCUT2D eigenvalue weighted by Gasteiger charge is -2.44. The molecule has 1 fully saturated rings. The molecule has 1 aromatic heterocycles. The van der Waals surface area contributed by atoms with E-state index in [1.807, 2.05) is 24.4 Å². The van der Waals surface area contributed by atoms with Gasteiger partial charge in [0.2, 0.25) is 0 Å². The summed E-state index contributed by atoms with van der Waals surface area (Å²) in [6, 6.07) is 8.23. The van der Waals surface area contributed by atoms with Crippen molar-refractivity contribution in [2.75, 3.05) is 6.54 Å². The number of pyridine rings is 1. The van der Waals surface area contributed by atoms with E-state index in [1.54, 1.807) is 6.20 Å². The first-order chi connectivity index (χ1) is 15.5. The summed E-state index contributed by atoms with van der Waals surface area (Å²) in [5.41, 5.74) is 8.26. The van der Waals surface area contributed by atoms with E-state index in [9.17, 15) is 9.59 Å². The Bertz CT molecular complexity index is 1260. The molecule has 0 bridgehead atoms. The number of carbonyl (C=O) groups excluding carboxylic acids is 2. The molecule has 1 saturated carbocycles. The fourth-order valence-electron chi connectivity index (χ4n) is 6.21. The van der Waals surface area contributed by atoms with Crippen molar-refractivity contribution >= 4 is 22.3 Å². The van der Waals surface area contributed by atoms with Crippen molar-refractivity contribution in [2.45, 2.75) is 38.2 Å². The normalized spacial score (nSPS) is 33.5. The van der Waals surface area contributed by atoms with Crippen molar-refractivity contribution in [3.05, 3.63) is 77.4 Å². The lowest BCUT2D eigenvalue weighted by molar-refractivity contribution is -0.120. The van der Waals surface area contributed by atoms with Crippen molar-refractivity contribution in [3.8, 4) is 0 Å². The number of carbonyl (C=O) groups is 2. The summed E-state index contributed by atoms with van der Waals surface area (Å²) in [5, 5.41) is 2.16. The van der Waals surface area contributed by atoms with Gasteiger partial charge in [-0.15, -0.1) is 0 Å². The van der Waals surface area contributed by atoms with Gasteiger partial charge in [-0.2, -0.15) is 0 Å². The minimum Gasteiger partial charge on any atom is -0.489 e. The fourth-order valence-corrected chi connectivity index (χ4v) is 6.21. The minimum atomic E-state index is -0.343. The number of benzene rings is 1. The third kappa shape index (κ3) is 2.77. The number of ether oxygens (including phenoxy) is 1. The van der Waals surface area contributed by atoms with Crippen LogP contribution in [0.2, 0.25) is 0 Å². The SMILES string of the molecule is C[C@]12C=CC3=CC4=C(CC(CN)CC4=O)O[C@H]3[C@@H]1CC(=O)[C@@H]2c1ccc2cnccc2c1. The molecule has 5 nitrogen and oxygen atoms in total. The van der Waals surface area contributed by atoms with E-state index in [-0.39, 0.29) is 40.8 Å². The number of allylic oxidation sites excluding steroid dienone is 4. The van der Waals surface area contributed by atoms with Gasteiger partial charge in [0, 0.05) is 48.4 Å². The molecule has 1 unspecified atom stereocenters. The highest BCUT2D eigenvalue weighted by atomic mass is 16.5. The molecule has 4 aliphatic rings. The van der Waals surface area contributed by atoms with Crippen molar-refractivity contribution in [1.82, 2.24) is 4.98 Å². The molecular formula is C27H26N2O3. The first-order valence-electron chi connectivity index (χ1n) is 11.4. The van der Waals surface area contributed by atoms with Gasteiger partial charge in [-0.25, -0.2) is 0 Å². The number of hydrogen-bond donors (Lipinski definition) is 1. The Labute approximate surface area is 187 Å². The third-order valence-corrected chi connectivity index (χ3v) is 7.95. The quantitative estimate of drug-likeness (QED) is 0.785. The van der Waals surface area contributed by atoms with Crippen molar-refractivity contribution in [3.63, 3.8) is 0 Å². The topological polar surface area (TPSA) is 82.3 Å². The van der Waals surface area contributed by atoms with Gasteiger partial charge >= 0.3 is 0 Å². The first kappa shape index (κ1) is 19.6. The number of Topliss-reactive ketones (excluding diaryl/α,β-unsaturated/α-hetero) is 2. The Morgan fingerprint density at radius 1 is 1.16 bits per heavy atom. The molecular weight excluding hydrogens is 400 g/mol. The van der Waals surface area contributed by atoms with Gasteiger partial charge in [-0.1, -0.05) is 37.3 Å². The molecule has 0 radical (unpaired) electrons. The van der Waals surface area contributed by atoms with Gasteiger partial charge in [0.25, 0.3) is 0 Å². The summed E-state index contributed by atoms with van der Waals surface area (Å²) in [6.45, 7) is 2.66. The van der Waals surface area contributed by atoms with E-state index in [0.29, 0.717) is 31.4 Å². The van der Waals surface area contributed by atoms with Crippen LogP contribution >= 0.6 is 0 Å². The molecule has 162 valence electrons. The molecule has 1 aromatic carbocycles. The lowest BCUT2D eigenvalue weighted by atomic mass is 9.64. The Kier molecular flexibility index (Phi) is 4.28. The molecule has 1 aliphatic heterocycles. The van der Waals surface area contributed by atoms with E-state index in [1.165, 1.54) is 0 Å². The Morgan fingerprint density at radius 3 is 2.88 bits per heavy atom. The van der Waals surface area contributed by atoms with Crippen LogP contribution < -0.4 is 5.73 Å². The largest absolute Gasteiger partial charge is 0.489 e. The van der Waals surface area contributed by atoms with Crippen LogP contribution in [-0.2, 0) is 14.3 Å². The van der Waals surface area contributed by atoms with Gasteiger partial charge in [0.05, 0.1) is 11.5 Å². The van der Waals surface area contributed by atoms with Crippen molar-refractivity contribution < 1.29 is 14.3 Å². The number of rotatable bonds is 2. The van der Waals surface area contributed by atoms with Crippen LogP contribution in [0.15, 0.2) is 71.8 Å². The van der Waals surface area contributed by atoms with Crippen LogP contribution in [0.25, 0.3) is 10.8 Å². The molecule has 0 amide bonds. The highest BCUT2D eigenvalue weighted by Gasteiger charge is 2.57. The second-order valence-corrected chi connectivity index (χ2v) is 9.84. The summed E-state index contributed by atoms with van der Waals surface area (Å²) in [6.07, 6.45) is 11.3. The average Bonchev–Trinajstić information content (AvgIpc) is 3.08. The predicted molar refractivity (Wildman–Crippen MR) is 122 cm³/mol. The Balaban J connectivity index is 1.39. The highest BCUT2D eigenvalue weighted by molar-refractivity contribution is 6.00. The van der Waals surface area contributed by atoms with Gasteiger partial charge in [-0.3, -0.25) is 14.6 Å². The van der Waals surface area contributed by atoms with Crippen LogP contribution in [0.3, 0.4) is 0 Å². The lowest BCUT2D eigenvalue weighted by Crippen LogP contribution is -2.41. The van der Waals surface area contributed by atoms with Gasteiger partial charge < -0.3 is 10.5 Å². The zero-order valence-corrected chi connectivity index (χ0v) is 18.1. The maximum absolute atomic E-state index is 13.4. The molecule has 6 rings (SSSR count). The first-order valence-corrected chi connectivity index (χ1v) is 11.4. The number of hydrogen-bond acceptors (Lipinski definition) is 5. The van der Waals surface area contributed by atoms with E-state index >= 15 is 0 Å². The molecule has 0 spiro atoms. The summed E-state index contributed by atoms with van der Waals surface area (Å²) < 4.78 is 6.50. The molecule has 2 N–H and O–H groups in total. The number of aromatic nitrogens is 1. The maximum Gasteiger partial charge on any atom is 0.166 e. The zero-order valence-electron chi connectivity index (χ0n) is 18.1. The second-order valence-electron chi connectivity index (χ2n) is 9.84. The maximum atomic E-state index is 13.4. The van der Waals surface area contributed by atoms with E-state index in [2.05, 4.69) is 36.2 Å². The van der Waals surface area contributed by atoms with Crippen LogP contribution in [0.5, 0.6) is 0 Å². The number of fused-ring (bicyclic) bond motifs is 4. The molecule has 32 heavy (non-hydrogen) atoms. The van der Waals surface area contributed by atoms with Crippen LogP contribution in [0.1, 0.15) is 37.7 Å². The van der Waals surface area contributed by atoms with Gasteiger partial charge in [0.1, 0.15) is 17.6 Å². The summed E-state index contributed by atoms with van der Waals surface area (Å²) in [7, 11) is 0. The fraction of sp³-hybridized carbons (Fsp3) is 0.370. The smallest absolute Gasteiger partial charge is 0.166 e. The molecule has 2 heterocycles. The van der Waals surface area contributed by atoms with Gasteiger partial charge in [0.15, 0.2) is 5.78 Å². The average molecular weight is 427 g/mol. The minimum absolute atomic E-state index is 0.0341. The monoisotopic (exact) mass is 426 g/mol. The third-order valence-electron chi connectivity index (χ3n) is 7.95. The van der Waals surface area contributed by atoms with E-state index in [4.69, 9.17) is 10.5 Å². The van der Waals surface area contributed by atoms with Crippen molar-refractivity contribution in [2.24, 2.45) is 23.0 Å². The summed E-state index contributed by atoms with van der Waals surface area (Å²) >= 11 is 0. The zero-order chi connectivity index (χ0) is 22.0. The molecule has 0 saturated heterocycles. The van der Waals surface area contributed by atoms with E-state index < -0.39 is 0 Å². The van der Waals surface area contributed by atoms with Crippen LogP contribution in [0, 0.1) is 17.3 Å². The molecule has 2 aromatic rings. The van der Waals surface area contributed by atoms with Gasteiger partial charge in [-0.05, 0) is 41.1 Å². The number of ketones is 2. The summed E-state index contributed by atoms with van der Waals surface area (Å²) in [5.74, 6) is 1.07. The molecule has 5 heteroatoms. The van der Waals surface area contributed by atoms with Crippen molar-refractivity contribution in [1.29, 1.82) is 0 Å². The van der Waals surface area contributed by atoms with Crippen LogP contribution in [-0.4, -0.2) is 29.2 Å². The summed E-state index contributed by atoms with van der Waals surface area (Å²) in [4.78, 5) is 30.2. The number of nitrogens with two attached hydrogens (primary N) is 1. The predicted octanol–water partition coefficient (Wildman–Crippen LogP) is 4.00. The van der Waals surface area contributed by atoms with E-state index in [0.717, 1.165) is 27.7 Å². The second kappa shape index (κ2) is 6.97.